The van der Waals surface area contributed by atoms with Crippen molar-refractivity contribution in [3.8, 4) is 11.5 Å². The summed E-state index contributed by atoms with van der Waals surface area (Å²) >= 11 is 0. The van der Waals surface area contributed by atoms with E-state index in [4.69, 9.17) is 0 Å². The van der Waals surface area contributed by atoms with Gasteiger partial charge in [0.25, 0.3) is 0 Å². The first kappa shape index (κ1) is 17.7. The molecule has 0 saturated heterocycles. The number of carbonyl (C=O) groups excluding carboxylic acids is 2. The minimum Gasteiger partial charge on any atom is -0.467 e. The zero-order valence-electron chi connectivity index (χ0n) is 12.4. The van der Waals surface area contributed by atoms with Gasteiger partial charge in [-0.25, -0.2) is 9.18 Å². The second-order valence-corrected chi connectivity index (χ2v) is 4.46. The largest absolute Gasteiger partial charge is 0.586 e. The van der Waals surface area contributed by atoms with Gasteiger partial charge in [0, 0.05) is 19.2 Å². The number of ketones is 1. The zero-order chi connectivity index (χ0) is 17.9. The first-order valence-electron chi connectivity index (χ1n) is 6.37. The number of nitrogens with zero attached hydrogens (tertiary/aromatic N) is 2. The van der Waals surface area contributed by atoms with Gasteiger partial charge in [0.05, 0.1) is 7.11 Å². The highest BCUT2D eigenvalue weighted by Crippen LogP contribution is 2.44. The van der Waals surface area contributed by atoms with Crippen LogP contribution >= 0.6 is 0 Å². The molecule has 24 heavy (non-hydrogen) atoms. The van der Waals surface area contributed by atoms with Crippen molar-refractivity contribution in [2.24, 2.45) is 10.2 Å². The Balaban J connectivity index is 2.27. The number of azo groups is 1. The summed E-state index contributed by atoms with van der Waals surface area (Å²) in [6, 6.07) is -0.264. The fourth-order valence-electron chi connectivity index (χ4n) is 1.73. The summed E-state index contributed by atoms with van der Waals surface area (Å²) in [5, 5.41) is 6.80. The van der Waals surface area contributed by atoms with Crippen molar-refractivity contribution in [1.82, 2.24) is 0 Å². The lowest BCUT2D eigenvalue weighted by atomic mass is 10.2. The molecule has 130 valence electrons. The van der Waals surface area contributed by atoms with E-state index in [1.807, 2.05) is 0 Å². The normalized spacial score (nSPS) is 16.2. The number of halogens is 3. The molecule has 8 nitrogen and oxygen atoms in total. The average molecular weight is 348 g/mol. The molecule has 0 amide bonds. The quantitative estimate of drug-likeness (QED) is 0.443. The van der Waals surface area contributed by atoms with Crippen LogP contribution in [0.1, 0.15) is 0 Å². The highest BCUT2D eigenvalue weighted by Gasteiger charge is 2.44. The van der Waals surface area contributed by atoms with E-state index >= 15 is 0 Å². The Kier molecular flexibility index (Phi) is 5.02. The van der Waals surface area contributed by atoms with Gasteiger partial charge in [0.2, 0.25) is 6.04 Å². The van der Waals surface area contributed by atoms with Gasteiger partial charge in [-0.1, -0.05) is 0 Å². The second-order valence-electron chi connectivity index (χ2n) is 4.46. The van der Waals surface area contributed by atoms with E-state index in [0.29, 0.717) is 6.07 Å². The maximum absolute atomic E-state index is 13.8. The summed E-state index contributed by atoms with van der Waals surface area (Å²) in [5.41, 5.74) is -0.533. The minimum absolute atomic E-state index is 0.450. The number of esters is 1. The summed E-state index contributed by atoms with van der Waals surface area (Å²) in [4.78, 5) is 23.2. The maximum atomic E-state index is 13.8. The molecule has 0 aliphatic carbocycles. The monoisotopic (exact) mass is 348 g/mol. The van der Waals surface area contributed by atoms with E-state index in [1.165, 1.54) is 7.11 Å². The van der Waals surface area contributed by atoms with Gasteiger partial charge in [-0.05, 0) is 0 Å². The summed E-state index contributed by atoms with van der Waals surface area (Å²) < 4.78 is 56.8. The Morgan fingerprint density at radius 3 is 2.46 bits per heavy atom. The number of benzene rings is 1. The van der Waals surface area contributed by atoms with E-state index in [9.17, 15) is 22.8 Å². The summed E-state index contributed by atoms with van der Waals surface area (Å²) in [7, 11) is 2.25. The number of methoxy groups -OCH3 is 2. The summed E-state index contributed by atoms with van der Waals surface area (Å²) in [5.74, 6) is -3.86. The van der Waals surface area contributed by atoms with Crippen molar-refractivity contribution >= 4 is 17.4 Å². The zero-order valence-corrected chi connectivity index (χ0v) is 12.4. The molecule has 1 aromatic carbocycles. The van der Waals surface area contributed by atoms with Crippen LogP contribution in [0, 0.1) is 5.82 Å². The number of hydrogen-bond acceptors (Lipinski definition) is 8. The van der Waals surface area contributed by atoms with E-state index in [2.05, 4.69) is 29.2 Å². The first-order chi connectivity index (χ1) is 11.3. The fourth-order valence-corrected chi connectivity index (χ4v) is 1.73. The van der Waals surface area contributed by atoms with Gasteiger partial charge in [-0.2, -0.15) is 10.2 Å². The second kappa shape index (κ2) is 6.83. The lowest BCUT2D eigenvalue weighted by Gasteiger charge is -2.07. The topological polar surface area (TPSA) is 95.8 Å². The number of hydrogen-bond donors (Lipinski definition) is 0. The Labute approximate surface area is 133 Å². The third-order valence-electron chi connectivity index (χ3n) is 2.77. The van der Waals surface area contributed by atoms with Gasteiger partial charge in [0.1, 0.15) is 12.3 Å². The molecular formula is C13H11F3N2O6. The van der Waals surface area contributed by atoms with E-state index in [1.54, 1.807) is 0 Å². The van der Waals surface area contributed by atoms with E-state index in [-0.39, 0.29) is 0 Å². The molecule has 0 fully saturated rings. The molecule has 11 heteroatoms. The third-order valence-corrected chi connectivity index (χ3v) is 2.77. The lowest BCUT2D eigenvalue weighted by molar-refractivity contribution is -0.286. The molecule has 0 N–H and O–H groups in total. The molecule has 1 aliphatic heterocycles. The molecule has 0 bridgehead atoms. The molecule has 1 aliphatic rings. The van der Waals surface area contributed by atoms with Gasteiger partial charge in [-0.3, -0.25) is 4.79 Å². The molecule has 2 rings (SSSR count). The van der Waals surface area contributed by atoms with Crippen molar-refractivity contribution < 1.29 is 41.7 Å². The van der Waals surface area contributed by atoms with Crippen LogP contribution in [-0.2, 0) is 19.1 Å². The van der Waals surface area contributed by atoms with Crippen LogP contribution in [-0.4, -0.2) is 44.9 Å². The molecule has 1 atom stereocenters. The van der Waals surface area contributed by atoms with Gasteiger partial charge in [0.15, 0.2) is 23.1 Å². The van der Waals surface area contributed by atoms with Crippen LogP contribution in [0.2, 0.25) is 0 Å². The molecule has 1 aromatic rings. The highest BCUT2D eigenvalue weighted by molar-refractivity contribution is 6.03. The number of ether oxygens (including phenoxy) is 4. The van der Waals surface area contributed by atoms with Crippen LogP contribution in [0.5, 0.6) is 11.5 Å². The summed E-state index contributed by atoms with van der Waals surface area (Å²) in [6.45, 7) is -0.450. The number of carbonyl (C=O) groups is 2. The Morgan fingerprint density at radius 1 is 1.25 bits per heavy atom. The number of fused-ring (bicyclic) bond motifs is 1. The van der Waals surface area contributed by atoms with Crippen LogP contribution in [0.15, 0.2) is 22.4 Å². The number of Topliss-reactive ketones (excluding diaryl/α,β-unsaturated/α-hetero) is 1. The Hall–Kier alpha value is -2.69. The number of rotatable bonds is 6. The predicted molar refractivity (Wildman–Crippen MR) is 69.8 cm³/mol. The fraction of sp³-hybridized carbons (Fsp3) is 0.385. The highest BCUT2D eigenvalue weighted by atomic mass is 19.3. The molecule has 0 radical (unpaired) electrons. The van der Waals surface area contributed by atoms with Crippen LogP contribution in [0.25, 0.3) is 0 Å². The molecule has 0 spiro atoms. The number of alkyl halides is 2. The molecule has 0 aromatic heterocycles. The van der Waals surface area contributed by atoms with E-state index in [0.717, 1.165) is 13.2 Å². The van der Waals surface area contributed by atoms with Gasteiger partial charge < -0.3 is 18.9 Å². The van der Waals surface area contributed by atoms with Crippen molar-refractivity contribution in [1.29, 1.82) is 0 Å². The minimum atomic E-state index is -3.92. The van der Waals surface area contributed by atoms with Crippen LogP contribution in [0.4, 0.5) is 18.9 Å². The smallest absolute Gasteiger partial charge is 0.467 e. The van der Waals surface area contributed by atoms with Gasteiger partial charge >= 0.3 is 12.3 Å². The van der Waals surface area contributed by atoms with Crippen LogP contribution < -0.4 is 9.47 Å². The Morgan fingerprint density at radius 2 is 1.88 bits per heavy atom. The predicted octanol–water partition coefficient (Wildman–Crippen LogP) is 1.99. The van der Waals surface area contributed by atoms with Crippen molar-refractivity contribution in [2.45, 2.75) is 12.3 Å². The van der Waals surface area contributed by atoms with Crippen molar-refractivity contribution in [2.75, 3.05) is 20.8 Å². The first-order valence-corrected chi connectivity index (χ1v) is 6.37. The van der Waals surface area contributed by atoms with E-state index < -0.39 is 53.7 Å². The van der Waals surface area contributed by atoms with Crippen molar-refractivity contribution in [3.63, 3.8) is 0 Å². The standard InChI is InChI=1S/C13H11F3N2O6/c1-21-5-8(19)11(12(20)22-2)18-17-7-4-10-9(3-6(7)14)23-13(15,16)24-10/h3-4,11H,5H2,1-2H3. The average Bonchev–Trinajstić information content (AvgIpc) is 2.80. The molecule has 1 unspecified atom stereocenters. The molecule has 1 heterocycles. The van der Waals surface area contributed by atoms with Crippen LogP contribution in [0.3, 0.4) is 0 Å². The SMILES string of the molecule is COCC(=O)C(N=Nc1cc2c(cc1F)OC(F)(F)O2)C(=O)OC. The molecule has 0 saturated carbocycles. The Bertz CT molecular complexity index is 695. The summed E-state index contributed by atoms with van der Waals surface area (Å²) in [6.07, 6.45) is -3.92. The third kappa shape index (κ3) is 3.79. The molecular weight excluding hydrogens is 337 g/mol. The van der Waals surface area contributed by atoms with Crippen molar-refractivity contribution in [3.05, 3.63) is 17.9 Å². The van der Waals surface area contributed by atoms with Gasteiger partial charge in [-0.15, -0.1) is 8.78 Å². The lowest BCUT2D eigenvalue weighted by Crippen LogP contribution is -2.31. The maximum Gasteiger partial charge on any atom is 0.586 e.